The SMILES string of the molecule is C[C@@H]1Cc2cccc3c(O)c(C(=O)NCc4cccnc4)c(=O)n1c23. The molecule has 1 aliphatic rings. The van der Waals surface area contributed by atoms with Crippen LogP contribution in [0.5, 0.6) is 5.75 Å². The van der Waals surface area contributed by atoms with Crippen molar-refractivity contribution in [2.75, 3.05) is 0 Å². The lowest BCUT2D eigenvalue weighted by molar-refractivity contribution is 0.0946. The fourth-order valence-corrected chi connectivity index (χ4v) is 3.50. The Balaban J connectivity index is 1.78. The average molecular weight is 335 g/mol. The second-order valence-electron chi connectivity index (χ2n) is 6.31. The van der Waals surface area contributed by atoms with Gasteiger partial charge in [-0.1, -0.05) is 18.2 Å². The van der Waals surface area contributed by atoms with E-state index in [1.165, 1.54) is 0 Å². The zero-order valence-corrected chi connectivity index (χ0v) is 13.7. The van der Waals surface area contributed by atoms with E-state index in [0.717, 1.165) is 16.6 Å². The summed E-state index contributed by atoms with van der Waals surface area (Å²) < 4.78 is 1.61. The lowest BCUT2D eigenvalue weighted by Crippen LogP contribution is -2.33. The summed E-state index contributed by atoms with van der Waals surface area (Å²) >= 11 is 0. The number of carbonyl (C=O) groups is 1. The molecule has 0 saturated heterocycles. The van der Waals surface area contributed by atoms with Crippen LogP contribution in [-0.2, 0) is 13.0 Å². The molecule has 0 unspecified atom stereocenters. The summed E-state index contributed by atoms with van der Waals surface area (Å²) in [6.45, 7) is 2.17. The standard InChI is InChI=1S/C19H17N3O3/c1-11-8-13-5-2-6-14-16(13)22(11)19(25)15(17(14)23)18(24)21-10-12-4-3-7-20-9-12/h2-7,9,11,23H,8,10H2,1H3,(H,21,24)/t11-/m1/s1. The van der Waals surface area contributed by atoms with E-state index >= 15 is 0 Å². The highest BCUT2D eigenvalue weighted by Crippen LogP contribution is 2.35. The van der Waals surface area contributed by atoms with Crippen molar-refractivity contribution >= 4 is 16.8 Å². The number of pyridine rings is 2. The quantitative estimate of drug-likeness (QED) is 0.768. The number of hydrogen-bond acceptors (Lipinski definition) is 4. The van der Waals surface area contributed by atoms with Gasteiger partial charge in [0.2, 0.25) is 0 Å². The van der Waals surface area contributed by atoms with Crippen molar-refractivity contribution in [3.05, 3.63) is 69.8 Å². The van der Waals surface area contributed by atoms with Gasteiger partial charge in [-0.3, -0.25) is 14.6 Å². The molecule has 2 aromatic heterocycles. The molecule has 1 aliphatic heterocycles. The van der Waals surface area contributed by atoms with E-state index in [4.69, 9.17) is 0 Å². The van der Waals surface area contributed by atoms with Gasteiger partial charge in [-0.15, -0.1) is 0 Å². The van der Waals surface area contributed by atoms with Crippen molar-refractivity contribution in [3.63, 3.8) is 0 Å². The molecule has 25 heavy (non-hydrogen) atoms. The molecular weight excluding hydrogens is 318 g/mol. The van der Waals surface area contributed by atoms with Crippen LogP contribution >= 0.6 is 0 Å². The van der Waals surface area contributed by atoms with Gasteiger partial charge in [0.1, 0.15) is 11.3 Å². The monoisotopic (exact) mass is 335 g/mol. The fourth-order valence-electron chi connectivity index (χ4n) is 3.50. The van der Waals surface area contributed by atoms with Crippen LogP contribution in [0.4, 0.5) is 0 Å². The minimum Gasteiger partial charge on any atom is -0.506 e. The average Bonchev–Trinajstić information content (AvgIpc) is 2.96. The topological polar surface area (TPSA) is 84.2 Å². The molecule has 3 aromatic rings. The van der Waals surface area contributed by atoms with Crippen LogP contribution in [0.25, 0.3) is 10.9 Å². The largest absolute Gasteiger partial charge is 0.506 e. The van der Waals surface area contributed by atoms with Crippen molar-refractivity contribution in [2.45, 2.75) is 25.9 Å². The van der Waals surface area contributed by atoms with E-state index in [0.29, 0.717) is 11.8 Å². The van der Waals surface area contributed by atoms with Gasteiger partial charge in [-0.05, 0) is 36.6 Å². The van der Waals surface area contributed by atoms with Gasteiger partial charge in [-0.2, -0.15) is 0 Å². The third-order valence-electron chi connectivity index (χ3n) is 4.64. The first kappa shape index (κ1) is 15.4. The van der Waals surface area contributed by atoms with E-state index < -0.39 is 11.5 Å². The predicted molar refractivity (Wildman–Crippen MR) is 93.7 cm³/mol. The van der Waals surface area contributed by atoms with E-state index in [1.807, 2.05) is 25.1 Å². The molecular formula is C19H17N3O3. The molecule has 6 nitrogen and oxygen atoms in total. The highest BCUT2D eigenvalue weighted by molar-refractivity contribution is 6.03. The fraction of sp³-hybridized carbons (Fsp3) is 0.211. The molecule has 6 heteroatoms. The van der Waals surface area contributed by atoms with Crippen LogP contribution in [0.1, 0.15) is 34.5 Å². The van der Waals surface area contributed by atoms with Crippen LogP contribution in [0.15, 0.2) is 47.5 Å². The summed E-state index contributed by atoms with van der Waals surface area (Å²) in [6.07, 6.45) is 4.00. The molecule has 0 aliphatic carbocycles. The molecule has 3 heterocycles. The number of benzene rings is 1. The molecule has 4 rings (SSSR count). The summed E-state index contributed by atoms with van der Waals surface area (Å²) in [6, 6.07) is 9.07. The van der Waals surface area contributed by atoms with Gasteiger partial charge in [0.15, 0.2) is 0 Å². The lowest BCUT2D eigenvalue weighted by Gasteiger charge is -2.14. The first-order chi connectivity index (χ1) is 12.1. The van der Waals surface area contributed by atoms with Crippen LogP contribution in [0.2, 0.25) is 0 Å². The second-order valence-corrected chi connectivity index (χ2v) is 6.31. The smallest absolute Gasteiger partial charge is 0.267 e. The number of aromatic hydroxyl groups is 1. The third kappa shape index (κ3) is 2.38. The molecule has 1 amide bonds. The number of hydrogen-bond donors (Lipinski definition) is 2. The maximum atomic E-state index is 12.9. The molecule has 0 radical (unpaired) electrons. The number of aromatic nitrogens is 2. The van der Waals surface area contributed by atoms with Crippen molar-refractivity contribution in [1.82, 2.24) is 14.9 Å². The number of carbonyl (C=O) groups excluding carboxylic acids is 1. The van der Waals surface area contributed by atoms with Gasteiger partial charge in [-0.25, -0.2) is 0 Å². The predicted octanol–water partition coefficient (Wildman–Crippen LogP) is 2.15. The number of para-hydroxylation sites is 1. The van der Waals surface area contributed by atoms with Crippen molar-refractivity contribution < 1.29 is 9.90 Å². The van der Waals surface area contributed by atoms with Crippen LogP contribution in [-0.4, -0.2) is 20.6 Å². The number of nitrogens with zero attached hydrogens (tertiary/aromatic N) is 2. The van der Waals surface area contributed by atoms with E-state index in [2.05, 4.69) is 10.3 Å². The number of rotatable bonds is 3. The maximum absolute atomic E-state index is 12.9. The second kappa shape index (κ2) is 5.73. The number of amides is 1. The Morgan fingerprint density at radius 2 is 2.20 bits per heavy atom. The summed E-state index contributed by atoms with van der Waals surface area (Å²) in [5.74, 6) is -0.836. The van der Waals surface area contributed by atoms with Gasteiger partial charge in [0.05, 0.1) is 5.52 Å². The van der Waals surface area contributed by atoms with E-state index in [9.17, 15) is 14.7 Å². The van der Waals surface area contributed by atoms with Gasteiger partial charge in [0, 0.05) is 30.4 Å². The summed E-state index contributed by atoms with van der Waals surface area (Å²) in [5, 5.41) is 13.8. The van der Waals surface area contributed by atoms with Crippen molar-refractivity contribution in [1.29, 1.82) is 0 Å². The number of nitrogens with one attached hydrogen (secondary N) is 1. The Hall–Kier alpha value is -3.15. The summed E-state index contributed by atoms with van der Waals surface area (Å²) in [5.41, 5.74) is 1.89. The molecule has 1 aromatic carbocycles. The lowest BCUT2D eigenvalue weighted by atomic mass is 10.1. The van der Waals surface area contributed by atoms with Gasteiger partial charge >= 0.3 is 0 Å². The Labute approximate surface area is 143 Å². The minimum absolute atomic E-state index is 0.0436. The Morgan fingerprint density at radius 3 is 2.96 bits per heavy atom. The Morgan fingerprint density at radius 1 is 1.36 bits per heavy atom. The molecule has 0 fully saturated rings. The molecule has 0 bridgehead atoms. The van der Waals surface area contributed by atoms with Crippen LogP contribution < -0.4 is 10.9 Å². The minimum atomic E-state index is -0.582. The zero-order valence-electron chi connectivity index (χ0n) is 13.7. The zero-order chi connectivity index (χ0) is 17.6. The Kier molecular flexibility index (Phi) is 3.53. The Bertz CT molecular complexity index is 1040. The summed E-state index contributed by atoms with van der Waals surface area (Å²) in [4.78, 5) is 29.4. The first-order valence-electron chi connectivity index (χ1n) is 8.14. The van der Waals surface area contributed by atoms with Gasteiger partial charge < -0.3 is 15.0 Å². The van der Waals surface area contributed by atoms with Gasteiger partial charge in [0.25, 0.3) is 11.5 Å². The molecule has 2 N–H and O–H groups in total. The van der Waals surface area contributed by atoms with Crippen LogP contribution in [0, 0.1) is 0 Å². The molecule has 0 saturated carbocycles. The van der Waals surface area contributed by atoms with Crippen molar-refractivity contribution in [3.8, 4) is 5.75 Å². The highest BCUT2D eigenvalue weighted by Gasteiger charge is 2.29. The van der Waals surface area contributed by atoms with E-state index in [1.54, 1.807) is 29.1 Å². The third-order valence-corrected chi connectivity index (χ3v) is 4.64. The summed E-state index contributed by atoms with van der Waals surface area (Å²) in [7, 11) is 0. The normalized spacial score (nSPS) is 15.5. The molecule has 0 spiro atoms. The van der Waals surface area contributed by atoms with Crippen molar-refractivity contribution in [2.24, 2.45) is 0 Å². The first-order valence-corrected chi connectivity index (χ1v) is 8.14. The highest BCUT2D eigenvalue weighted by atomic mass is 16.3. The maximum Gasteiger partial charge on any atom is 0.267 e. The van der Waals surface area contributed by atoms with Crippen LogP contribution in [0.3, 0.4) is 0 Å². The molecule has 1 atom stereocenters. The molecule has 126 valence electrons. The van der Waals surface area contributed by atoms with E-state index in [-0.39, 0.29) is 23.9 Å².